The number of para-hydroxylation sites is 1. The standard InChI is InChI=1S/C22H30N2O5S/c1-16(2)20-8-6-7-9-21(20)29-17(3)22(25)23-14-15-28-18-10-12-19(13-11-18)30(26,27)24(4)5/h6-13,16-17H,14-15H2,1-5H3,(H,23,25). The minimum Gasteiger partial charge on any atom is -0.492 e. The van der Waals surface area contributed by atoms with E-state index in [2.05, 4.69) is 19.2 Å². The summed E-state index contributed by atoms with van der Waals surface area (Å²) in [6.07, 6.45) is -0.638. The van der Waals surface area contributed by atoms with Gasteiger partial charge in [0.05, 0.1) is 11.4 Å². The van der Waals surface area contributed by atoms with Gasteiger partial charge in [0, 0.05) is 14.1 Å². The van der Waals surface area contributed by atoms with Gasteiger partial charge in [0.1, 0.15) is 18.1 Å². The van der Waals surface area contributed by atoms with Gasteiger partial charge < -0.3 is 14.8 Å². The third-order valence-electron chi connectivity index (χ3n) is 4.49. The maximum atomic E-state index is 12.3. The Labute approximate surface area is 179 Å². The fourth-order valence-corrected chi connectivity index (χ4v) is 3.62. The highest BCUT2D eigenvalue weighted by atomic mass is 32.2. The monoisotopic (exact) mass is 434 g/mol. The van der Waals surface area contributed by atoms with Crippen molar-refractivity contribution in [1.29, 1.82) is 0 Å². The molecule has 8 heteroatoms. The molecule has 1 atom stereocenters. The van der Waals surface area contributed by atoms with E-state index < -0.39 is 16.1 Å². The van der Waals surface area contributed by atoms with Gasteiger partial charge in [-0.1, -0.05) is 32.0 Å². The molecule has 2 rings (SSSR count). The molecule has 1 amide bonds. The second kappa shape index (κ2) is 10.4. The fraction of sp³-hybridized carbons (Fsp3) is 0.409. The zero-order valence-corrected chi connectivity index (χ0v) is 18.9. The maximum Gasteiger partial charge on any atom is 0.260 e. The maximum absolute atomic E-state index is 12.3. The lowest BCUT2D eigenvalue weighted by molar-refractivity contribution is -0.127. The number of ether oxygens (including phenoxy) is 2. The smallest absolute Gasteiger partial charge is 0.260 e. The molecular weight excluding hydrogens is 404 g/mol. The molecule has 0 aliphatic rings. The SMILES string of the molecule is CC(Oc1ccccc1C(C)C)C(=O)NCCOc1ccc(S(=O)(=O)N(C)C)cc1. The van der Waals surface area contributed by atoms with Crippen molar-refractivity contribution in [2.75, 3.05) is 27.2 Å². The first-order chi connectivity index (χ1) is 14.1. The van der Waals surface area contributed by atoms with Crippen molar-refractivity contribution in [3.8, 4) is 11.5 Å². The van der Waals surface area contributed by atoms with Crippen LogP contribution in [0.4, 0.5) is 0 Å². The van der Waals surface area contributed by atoms with Gasteiger partial charge in [0.25, 0.3) is 5.91 Å². The summed E-state index contributed by atoms with van der Waals surface area (Å²) >= 11 is 0. The number of benzene rings is 2. The first-order valence-electron chi connectivity index (χ1n) is 9.81. The molecule has 0 aliphatic heterocycles. The van der Waals surface area contributed by atoms with Gasteiger partial charge in [-0.3, -0.25) is 4.79 Å². The largest absolute Gasteiger partial charge is 0.492 e. The van der Waals surface area contributed by atoms with E-state index in [0.29, 0.717) is 24.0 Å². The number of nitrogens with one attached hydrogen (secondary N) is 1. The quantitative estimate of drug-likeness (QED) is 0.581. The predicted octanol–water partition coefficient (Wildman–Crippen LogP) is 3.02. The van der Waals surface area contributed by atoms with E-state index in [0.717, 1.165) is 9.87 Å². The summed E-state index contributed by atoms with van der Waals surface area (Å²) in [6, 6.07) is 13.9. The molecule has 0 aliphatic carbocycles. The molecule has 1 unspecified atom stereocenters. The van der Waals surface area contributed by atoms with Gasteiger partial charge in [0.2, 0.25) is 10.0 Å². The van der Waals surface area contributed by atoms with Crippen LogP contribution >= 0.6 is 0 Å². The molecule has 0 fully saturated rings. The van der Waals surface area contributed by atoms with E-state index in [1.807, 2.05) is 24.3 Å². The van der Waals surface area contributed by atoms with Crippen LogP contribution in [0.2, 0.25) is 0 Å². The summed E-state index contributed by atoms with van der Waals surface area (Å²) < 4.78 is 36.7. The van der Waals surface area contributed by atoms with E-state index in [1.165, 1.54) is 26.2 Å². The van der Waals surface area contributed by atoms with Crippen molar-refractivity contribution in [3.05, 3.63) is 54.1 Å². The zero-order valence-electron chi connectivity index (χ0n) is 18.1. The van der Waals surface area contributed by atoms with Crippen LogP contribution in [0.25, 0.3) is 0 Å². The predicted molar refractivity (Wildman–Crippen MR) is 116 cm³/mol. The second-order valence-electron chi connectivity index (χ2n) is 7.35. The molecule has 0 heterocycles. The van der Waals surface area contributed by atoms with Crippen molar-refractivity contribution in [2.45, 2.75) is 37.7 Å². The third kappa shape index (κ3) is 6.21. The van der Waals surface area contributed by atoms with E-state index >= 15 is 0 Å². The zero-order chi connectivity index (χ0) is 22.3. The van der Waals surface area contributed by atoms with E-state index in [4.69, 9.17) is 9.47 Å². The van der Waals surface area contributed by atoms with Gasteiger partial charge in [-0.05, 0) is 48.7 Å². The van der Waals surface area contributed by atoms with Crippen LogP contribution in [0.15, 0.2) is 53.4 Å². The summed E-state index contributed by atoms with van der Waals surface area (Å²) in [5.41, 5.74) is 1.06. The van der Waals surface area contributed by atoms with Crippen LogP contribution in [0.5, 0.6) is 11.5 Å². The summed E-state index contributed by atoms with van der Waals surface area (Å²) in [6.45, 7) is 6.41. The summed E-state index contributed by atoms with van der Waals surface area (Å²) in [5.74, 6) is 1.30. The number of carbonyl (C=O) groups is 1. The van der Waals surface area contributed by atoms with Crippen molar-refractivity contribution in [3.63, 3.8) is 0 Å². The first kappa shape index (κ1) is 23.7. The molecule has 30 heavy (non-hydrogen) atoms. The molecule has 0 saturated heterocycles. The highest BCUT2D eigenvalue weighted by Crippen LogP contribution is 2.26. The van der Waals surface area contributed by atoms with E-state index in [-0.39, 0.29) is 17.4 Å². The van der Waals surface area contributed by atoms with Crippen molar-refractivity contribution < 1.29 is 22.7 Å². The third-order valence-corrected chi connectivity index (χ3v) is 6.32. The molecule has 0 saturated carbocycles. The minimum absolute atomic E-state index is 0.195. The Morgan fingerprint density at radius 3 is 2.27 bits per heavy atom. The molecule has 164 valence electrons. The highest BCUT2D eigenvalue weighted by Gasteiger charge is 2.18. The lowest BCUT2D eigenvalue weighted by Gasteiger charge is -2.18. The number of amides is 1. The fourth-order valence-electron chi connectivity index (χ4n) is 2.71. The molecular formula is C22H30N2O5S. The molecule has 0 aromatic heterocycles. The van der Waals surface area contributed by atoms with Crippen LogP contribution in [-0.2, 0) is 14.8 Å². The second-order valence-corrected chi connectivity index (χ2v) is 9.50. The van der Waals surface area contributed by atoms with Gasteiger partial charge in [-0.15, -0.1) is 0 Å². The van der Waals surface area contributed by atoms with Crippen molar-refractivity contribution in [2.24, 2.45) is 0 Å². The highest BCUT2D eigenvalue weighted by molar-refractivity contribution is 7.89. The Morgan fingerprint density at radius 1 is 1.03 bits per heavy atom. The average Bonchev–Trinajstić information content (AvgIpc) is 2.71. The number of hydrogen-bond acceptors (Lipinski definition) is 5. The van der Waals surface area contributed by atoms with Crippen LogP contribution < -0.4 is 14.8 Å². The molecule has 0 bridgehead atoms. The average molecular weight is 435 g/mol. The van der Waals surface area contributed by atoms with Gasteiger partial charge in [-0.25, -0.2) is 12.7 Å². The number of carbonyl (C=O) groups excluding carboxylic acids is 1. The van der Waals surface area contributed by atoms with Crippen LogP contribution in [0, 0.1) is 0 Å². The summed E-state index contributed by atoms with van der Waals surface area (Å²) in [4.78, 5) is 12.5. The number of hydrogen-bond donors (Lipinski definition) is 1. The van der Waals surface area contributed by atoms with Crippen molar-refractivity contribution >= 4 is 15.9 Å². The Kier molecular flexibility index (Phi) is 8.25. The summed E-state index contributed by atoms with van der Waals surface area (Å²) in [5, 5.41) is 2.78. The van der Waals surface area contributed by atoms with Gasteiger partial charge in [0.15, 0.2) is 6.10 Å². The summed E-state index contributed by atoms with van der Waals surface area (Å²) in [7, 11) is -0.506. The van der Waals surface area contributed by atoms with Crippen LogP contribution in [0.1, 0.15) is 32.3 Å². The molecule has 0 spiro atoms. The lowest BCUT2D eigenvalue weighted by Crippen LogP contribution is -2.38. The Morgan fingerprint density at radius 2 is 1.67 bits per heavy atom. The number of nitrogens with zero attached hydrogens (tertiary/aromatic N) is 1. The minimum atomic E-state index is -3.47. The topological polar surface area (TPSA) is 84.9 Å². The normalized spacial score (nSPS) is 12.6. The first-order valence-corrected chi connectivity index (χ1v) is 11.3. The van der Waals surface area contributed by atoms with Gasteiger partial charge in [-0.2, -0.15) is 0 Å². The van der Waals surface area contributed by atoms with Crippen LogP contribution in [-0.4, -0.2) is 52.0 Å². The molecule has 0 radical (unpaired) electrons. The molecule has 2 aromatic rings. The van der Waals surface area contributed by atoms with Gasteiger partial charge >= 0.3 is 0 Å². The number of sulfonamides is 1. The Hall–Kier alpha value is -2.58. The number of rotatable bonds is 10. The van der Waals surface area contributed by atoms with Crippen LogP contribution in [0.3, 0.4) is 0 Å². The molecule has 2 aromatic carbocycles. The molecule has 1 N–H and O–H groups in total. The van der Waals surface area contributed by atoms with E-state index in [9.17, 15) is 13.2 Å². The lowest BCUT2D eigenvalue weighted by atomic mass is 10.0. The Balaban J connectivity index is 1.81. The molecule has 7 nitrogen and oxygen atoms in total. The Bertz CT molecular complexity index is 940. The van der Waals surface area contributed by atoms with E-state index in [1.54, 1.807) is 19.1 Å². The van der Waals surface area contributed by atoms with Crippen molar-refractivity contribution in [1.82, 2.24) is 9.62 Å².